The first kappa shape index (κ1) is 10.4. The number of hydrogen-bond donors (Lipinski definition) is 1. The number of sulfonamides is 1. The van der Waals surface area contributed by atoms with Gasteiger partial charge in [-0.1, -0.05) is 0 Å². The minimum atomic E-state index is -3.22. The Morgan fingerprint density at radius 3 is 3.07 bits per heavy atom. The molecule has 1 saturated heterocycles. The summed E-state index contributed by atoms with van der Waals surface area (Å²) in [7, 11) is -3.22. The first-order valence-electron chi connectivity index (χ1n) is 4.64. The van der Waals surface area contributed by atoms with Crippen LogP contribution in [0.3, 0.4) is 0 Å². The third-order valence-corrected chi connectivity index (χ3v) is 2.79. The summed E-state index contributed by atoms with van der Waals surface area (Å²) < 4.78 is 31.2. The Morgan fingerprint density at radius 1 is 1.67 bits per heavy atom. The lowest BCUT2D eigenvalue weighted by Crippen LogP contribution is -2.10. The van der Waals surface area contributed by atoms with Crippen LogP contribution in [0, 0.1) is 0 Å². The Hall–Kier alpha value is -1.08. The molecule has 15 heavy (non-hydrogen) atoms. The van der Waals surface area contributed by atoms with E-state index in [9.17, 15) is 8.42 Å². The molecule has 1 N–H and O–H groups in total. The molecule has 1 unspecified atom stereocenters. The molecule has 0 saturated carbocycles. The zero-order chi connectivity index (χ0) is 10.9. The van der Waals surface area contributed by atoms with E-state index in [2.05, 4.69) is 9.82 Å². The molecule has 1 aliphatic heterocycles. The van der Waals surface area contributed by atoms with Crippen LogP contribution >= 0.6 is 0 Å². The van der Waals surface area contributed by atoms with E-state index < -0.39 is 10.0 Å². The molecule has 0 radical (unpaired) electrons. The summed E-state index contributed by atoms with van der Waals surface area (Å²) >= 11 is 0. The summed E-state index contributed by atoms with van der Waals surface area (Å²) in [6.45, 7) is 1.37. The first-order chi connectivity index (χ1) is 7.04. The van der Waals surface area contributed by atoms with Gasteiger partial charge in [-0.2, -0.15) is 5.10 Å². The Balaban J connectivity index is 2.10. The standard InChI is InChI=1S/C8H13N3O3S/c1-15(12,13)10-7-4-9-11(5-7)8-2-3-14-6-8/h4-5,8,10H,2-3,6H2,1H3. The minimum absolute atomic E-state index is 0.222. The summed E-state index contributed by atoms with van der Waals surface area (Å²) in [6.07, 6.45) is 5.21. The monoisotopic (exact) mass is 231 g/mol. The number of aromatic nitrogens is 2. The quantitative estimate of drug-likeness (QED) is 0.807. The van der Waals surface area contributed by atoms with Gasteiger partial charge in [0, 0.05) is 12.8 Å². The molecule has 1 aromatic rings. The molecule has 1 atom stereocenters. The van der Waals surface area contributed by atoms with E-state index in [0.29, 0.717) is 12.3 Å². The first-order valence-corrected chi connectivity index (χ1v) is 6.53. The van der Waals surface area contributed by atoms with Crippen LogP contribution in [0.15, 0.2) is 12.4 Å². The van der Waals surface area contributed by atoms with Gasteiger partial charge in [0.15, 0.2) is 0 Å². The fraction of sp³-hybridized carbons (Fsp3) is 0.625. The van der Waals surface area contributed by atoms with Crippen molar-refractivity contribution in [1.29, 1.82) is 0 Å². The van der Waals surface area contributed by atoms with Crippen molar-refractivity contribution < 1.29 is 13.2 Å². The third kappa shape index (κ3) is 2.69. The molecule has 84 valence electrons. The van der Waals surface area contributed by atoms with Crippen molar-refractivity contribution >= 4 is 15.7 Å². The van der Waals surface area contributed by atoms with E-state index >= 15 is 0 Å². The van der Waals surface area contributed by atoms with Gasteiger partial charge in [0.25, 0.3) is 0 Å². The molecule has 1 aliphatic rings. The second-order valence-corrected chi connectivity index (χ2v) is 5.35. The Labute approximate surface area is 88.3 Å². The van der Waals surface area contributed by atoms with E-state index in [-0.39, 0.29) is 6.04 Å². The van der Waals surface area contributed by atoms with Crippen molar-refractivity contribution in [3.8, 4) is 0 Å². The lowest BCUT2D eigenvalue weighted by atomic mass is 10.3. The lowest BCUT2D eigenvalue weighted by Gasteiger charge is -2.06. The Bertz CT molecular complexity index is 434. The Kier molecular flexibility index (Phi) is 2.66. The van der Waals surface area contributed by atoms with E-state index in [1.807, 2.05) is 0 Å². The molecule has 6 nitrogen and oxygen atoms in total. The summed E-state index contributed by atoms with van der Waals surface area (Å²) in [6, 6.07) is 0.222. The predicted octanol–water partition coefficient (Wildman–Crippen LogP) is 0.216. The number of rotatable bonds is 3. The maximum Gasteiger partial charge on any atom is 0.229 e. The molecule has 0 aromatic carbocycles. The minimum Gasteiger partial charge on any atom is -0.379 e. The van der Waals surface area contributed by atoms with Gasteiger partial charge in [-0.15, -0.1) is 0 Å². The van der Waals surface area contributed by atoms with Crippen molar-refractivity contribution in [1.82, 2.24) is 9.78 Å². The van der Waals surface area contributed by atoms with Crippen LogP contribution in [0.2, 0.25) is 0 Å². The average Bonchev–Trinajstić information content (AvgIpc) is 2.68. The van der Waals surface area contributed by atoms with Crippen molar-refractivity contribution in [2.45, 2.75) is 12.5 Å². The van der Waals surface area contributed by atoms with Crippen LogP contribution in [0.25, 0.3) is 0 Å². The average molecular weight is 231 g/mol. The van der Waals surface area contributed by atoms with Crippen LogP contribution in [-0.4, -0.2) is 37.7 Å². The molecule has 0 amide bonds. The maximum atomic E-state index is 11.0. The molecule has 2 rings (SSSR count). The fourth-order valence-corrected chi connectivity index (χ4v) is 2.07. The number of nitrogens with zero attached hydrogens (tertiary/aromatic N) is 2. The van der Waals surface area contributed by atoms with Crippen molar-refractivity contribution in [2.75, 3.05) is 24.2 Å². The van der Waals surface area contributed by atoms with Gasteiger partial charge in [0.05, 0.1) is 30.8 Å². The van der Waals surface area contributed by atoms with E-state index in [1.165, 1.54) is 6.20 Å². The molecule has 0 spiro atoms. The van der Waals surface area contributed by atoms with Crippen LogP contribution in [0.5, 0.6) is 0 Å². The van der Waals surface area contributed by atoms with Gasteiger partial charge in [0.1, 0.15) is 0 Å². The topological polar surface area (TPSA) is 73.2 Å². The van der Waals surface area contributed by atoms with Crippen LogP contribution in [0.1, 0.15) is 12.5 Å². The van der Waals surface area contributed by atoms with E-state index in [1.54, 1.807) is 10.9 Å². The molecular weight excluding hydrogens is 218 g/mol. The molecule has 0 aliphatic carbocycles. The highest BCUT2D eigenvalue weighted by atomic mass is 32.2. The highest BCUT2D eigenvalue weighted by Crippen LogP contribution is 2.19. The zero-order valence-electron chi connectivity index (χ0n) is 8.38. The van der Waals surface area contributed by atoms with Gasteiger partial charge >= 0.3 is 0 Å². The van der Waals surface area contributed by atoms with Crippen LogP contribution < -0.4 is 4.72 Å². The van der Waals surface area contributed by atoms with Gasteiger partial charge < -0.3 is 4.74 Å². The summed E-state index contributed by atoms with van der Waals surface area (Å²) in [5.41, 5.74) is 0.490. The SMILES string of the molecule is CS(=O)(=O)Nc1cnn(C2CCOC2)c1. The molecule has 1 fully saturated rings. The van der Waals surface area contributed by atoms with Gasteiger partial charge in [0.2, 0.25) is 10.0 Å². The fourth-order valence-electron chi connectivity index (χ4n) is 1.54. The number of anilines is 1. The Morgan fingerprint density at radius 2 is 2.47 bits per heavy atom. The van der Waals surface area contributed by atoms with Crippen molar-refractivity contribution in [3.63, 3.8) is 0 Å². The van der Waals surface area contributed by atoms with E-state index in [0.717, 1.165) is 19.3 Å². The predicted molar refractivity (Wildman–Crippen MR) is 55.2 cm³/mol. The normalized spacial score (nSPS) is 21.8. The van der Waals surface area contributed by atoms with Gasteiger partial charge in [-0.25, -0.2) is 8.42 Å². The zero-order valence-corrected chi connectivity index (χ0v) is 9.20. The number of ether oxygens (including phenoxy) is 1. The van der Waals surface area contributed by atoms with Gasteiger partial charge in [-0.05, 0) is 6.42 Å². The van der Waals surface area contributed by atoms with Crippen molar-refractivity contribution in [3.05, 3.63) is 12.4 Å². The van der Waals surface area contributed by atoms with Crippen molar-refractivity contribution in [2.24, 2.45) is 0 Å². The largest absolute Gasteiger partial charge is 0.379 e. The molecule has 1 aromatic heterocycles. The van der Waals surface area contributed by atoms with Crippen LogP contribution in [0.4, 0.5) is 5.69 Å². The molecular formula is C8H13N3O3S. The number of nitrogens with one attached hydrogen (secondary N) is 1. The summed E-state index contributed by atoms with van der Waals surface area (Å²) in [5, 5.41) is 4.09. The second-order valence-electron chi connectivity index (χ2n) is 3.60. The highest BCUT2D eigenvalue weighted by Gasteiger charge is 2.18. The highest BCUT2D eigenvalue weighted by molar-refractivity contribution is 7.92. The molecule has 0 bridgehead atoms. The smallest absolute Gasteiger partial charge is 0.229 e. The third-order valence-electron chi connectivity index (χ3n) is 2.18. The molecule has 7 heteroatoms. The van der Waals surface area contributed by atoms with Crippen LogP contribution in [-0.2, 0) is 14.8 Å². The van der Waals surface area contributed by atoms with E-state index in [4.69, 9.17) is 4.74 Å². The summed E-state index contributed by atoms with van der Waals surface area (Å²) in [5.74, 6) is 0. The lowest BCUT2D eigenvalue weighted by molar-refractivity contribution is 0.184. The van der Waals surface area contributed by atoms with Gasteiger partial charge in [-0.3, -0.25) is 9.40 Å². The summed E-state index contributed by atoms with van der Waals surface area (Å²) in [4.78, 5) is 0. The molecule has 2 heterocycles. The second kappa shape index (κ2) is 3.82. The maximum absolute atomic E-state index is 11.0. The number of hydrogen-bond acceptors (Lipinski definition) is 4.